The maximum Gasteiger partial charge on any atom is 0.241 e. The minimum absolute atomic E-state index is 0.00595. The van der Waals surface area contributed by atoms with Crippen LogP contribution in [0.2, 0.25) is 0 Å². The molecule has 4 nitrogen and oxygen atoms in total. The highest BCUT2D eigenvalue weighted by Gasteiger charge is 2.57. The third-order valence-electron chi connectivity index (χ3n) is 6.48. The van der Waals surface area contributed by atoms with Gasteiger partial charge in [0.2, 0.25) is 5.91 Å². The minimum atomic E-state index is -1.06. The number of allylic oxidation sites excluding steroid dienone is 1. The number of Topliss-reactive ketones (excluding diaryl/α,β-unsaturated/α-hetero) is 1. The molecule has 1 atom stereocenters. The van der Waals surface area contributed by atoms with Crippen LogP contribution in [0, 0.1) is 16.7 Å². The van der Waals surface area contributed by atoms with Crippen LogP contribution in [0.25, 0.3) is 0 Å². The second-order valence-corrected chi connectivity index (χ2v) is 8.31. The zero-order chi connectivity index (χ0) is 19.2. The normalized spacial score (nSPS) is 27.7. The number of hydrogen-bond acceptors (Lipinski definition) is 3. The molecule has 1 aromatic carbocycles. The smallest absolute Gasteiger partial charge is 0.241 e. The minimum Gasteiger partial charge on any atom is -0.335 e. The van der Waals surface area contributed by atoms with Gasteiger partial charge in [0, 0.05) is 12.6 Å². The molecule has 0 spiro atoms. The molecule has 0 saturated heterocycles. The number of fused-ring (bicyclic) bond motifs is 1. The summed E-state index contributed by atoms with van der Waals surface area (Å²) in [6.07, 6.45) is 8.04. The molecule has 1 amide bonds. The van der Waals surface area contributed by atoms with Gasteiger partial charge in [0.25, 0.3) is 0 Å². The number of carbonyl (C=O) groups excluding carboxylic acids is 2. The summed E-state index contributed by atoms with van der Waals surface area (Å²) in [5.74, 6) is -0.198. The Hall–Kier alpha value is -2.67. The molecular formula is C23H24N2O2. The van der Waals surface area contributed by atoms with E-state index in [1.165, 1.54) is 0 Å². The fourth-order valence-corrected chi connectivity index (χ4v) is 5.08. The van der Waals surface area contributed by atoms with E-state index in [-0.39, 0.29) is 23.3 Å². The first-order valence-corrected chi connectivity index (χ1v) is 9.68. The summed E-state index contributed by atoms with van der Waals surface area (Å²) in [6.45, 7) is 4.21. The molecule has 138 valence electrons. The van der Waals surface area contributed by atoms with Crippen LogP contribution in [0.15, 0.2) is 53.6 Å². The number of hydrogen-bond donors (Lipinski definition) is 0. The highest BCUT2D eigenvalue weighted by atomic mass is 16.2. The van der Waals surface area contributed by atoms with Crippen molar-refractivity contribution >= 4 is 11.7 Å². The van der Waals surface area contributed by atoms with Crippen LogP contribution in [0.3, 0.4) is 0 Å². The highest BCUT2D eigenvalue weighted by Crippen LogP contribution is 2.52. The van der Waals surface area contributed by atoms with Gasteiger partial charge in [-0.05, 0) is 43.9 Å². The Morgan fingerprint density at radius 1 is 1.11 bits per heavy atom. The maximum atomic E-state index is 13.9. The maximum absolute atomic E-state index is 13.9. The van der Waals surface area contributed by atoms with Crippen LogP contribution in [0.4, 0.5) is 0 Å². The molecule has 0 radical (unpaired) electrons. The number of amides is 1. The lowest BCUT2D eigenvalue weighted by Crippen LogP contribution is -2.58. The van der Waals surface area contributed by atoms with Crippen molar-refractivity contribution in [2.75, 3.05) is 6.54 Å². The van der Waals surface area contributed by atoms with Crippen molar-refractivity contribution in [3.63, 3.8) is 0 Å². The molecule has 1 heterocycles. The second kappa shape index (κ2) is 6.20. The summed E-state index contributed by atoms with van der Waals surface area (Å²) in [7, 11) is 0. The average molecular weight is 360 g/mol. The molecule has 2 aliphatic carbocycles. The summed E-state index contributed by atoms with van der Waals surface area (Å²) >= 11 is 0. The van der Waals surface area contributed by atoms with Gasteiger partial charge in [-0.15, -0.1) is 0 Å². The molecule has 1 aromatic rings. The predicted molar refractivity (Wildman–Crippen MR) is 103 cm³/mol. The molecule has 3 aliphatic rings. The SMILES string of the molecule is CC1(C)C(=O)C(C#N)=C[C@@]2(c3ccccc3)C(=O)N(C3CCCC3)CC=C12. The Labute approximate surface area is 160 Å². The lowest BCUT2D eigenvalue weighted by atomic mass is 9.56. The topological polar surface area (TPSA) is 61.2 Å². The summed E-state index contributed by atoms with van der Waals surface area (Å²) in [5.41, 5.74) is -0.221. The van der Waals surface area contributed by atoms with E-state index >= 15 is 0 Å². The fourth-order valence-electron chi connectivity index (χ4n) is 5.08. The molecule has 0 aromatic heterocycles. The van der Waals surface area contributed by atoms with Gasteiger partial charge < -0.3 is 4.90 Å². The largest absolute Gasteiger partial charge is 0.335 e. The van der Waals surface area contributed by atoms with Crippen LogP contribution in [-0.4, -0.2) is 29.2 Å². The molecule has 0 bridgehead atoms. The Morgan fingerprint density at radius 3 is 2.41 bits per heavy atom. The third kappa shape index (κ3) is 2.41. The molecule has 0 N–H and O–H groups in total. The first-order chi connectivity index (χ1) is 12.9. The van der Waals surface area contributed by atoms with Crippen molar-refractivity contribution in [1.82, 2.24) is 4.90 Å². The van der Waals surface area contributed by atoms with E-state index in [9.17, 15) is 14.9 Å². The predicted octanol–water partition coefficient (Wildman–Crippen LogP) is 3.69. The van der Waals surface area contributed by atoms with Crippen LogP contribution in [0.1, 0.15) is 45.1 Å². The molecule has 27 heavy (non-hydrogen) atoms. The van der Waals surface area contributed by atoms with Gasteiger partial charge >= 0.3 is 0 Å². The van der Waals surface area contributed by atoms with E-state index in [2.05, 4.69) is 12.1 Å². The van der Waals surface area contributed by atoms with Crippen LogP contribution < -0.4 is 0 Å². The lowest BCUT2D eigenvalue weighted by Gasteiger charge is -2.49. The van der Waals surface area contributed by atoms with Crippen molar-refractivity contribution in [3.05, 3.63) is 59.2 Å². The van der Waals surface area contributed by atoms with Gasteiger partial charge in [0.05, 0.1) is 11.0 Å². The van der Waals surface area contributed by atoms with Crippen LogP contribution >= 0.6 is 0 Å². The zero-order valence-electron chi connectivity index (χ0n) is 15.9. The number of carbonyl (C=O) groups is 2. The number of rotatable bonds is 2. The first kappa shape index (κ1) is 17.7. The molecule has 1 fully saturated rings. The Bertz CT molecular complexity index is 898. The average Bonchev–Trinajstić information content (AvgIpc) is 3.20. The Morgan fingerprint density at radius 2 is 1.78 bits per heavy atom. The molecule has 1 saturated carbocycles. The van der Waals surface area contributed by atoms with Gasteiger partial charge in [-0.2, -0.15) is 5.26 Å². The van der Waals surface area contributed by atoms with Crippen molar-refractivity contribution in [1.29, 1.82) is 5.26 Å². The fraction of sp³-hybridized carbons (Fsp3) is 0.435. The van der Waals surface area contributed by atoms with E-state index in [0.717, 1.165) is 36.8 Å². The van der Waals surface area contributed by atoms with Crippen LogP contribution in [0.5, 0.6) is 0 Å². The van der Waals surface area contributed by atoms with Gasteiger partial charge in [0.15, 0.2) is 5.78 Å². The van der Waals surface area contributed by atoms with Crippen molar-refractivity contribution in [3.8, 4) is 6.07 Å². The van der Waals surface area contributed by atoms with Gasteiger partial charge in [0.1, 0.15) is 11.5 Å². The molecule has 0 unspecified atom stereocenters. The van der Waals surface area contributed by atoms with Crippen molar-refractivity contribution in [2.45, 2.75) is 51.0 Å². The zero-order valence-corrected chi connectivity index (χ0v) is 15.9. The summed E-state index contributed by atoms with van der Waals surface area (Å²) in [6, 6.07) is 11.9. The van der Waals surface area contributed by atoms with Gasteiger partial charge in [-0.25, -0.2) is 0 Å². The number of ketones is 1. The van der Waals surface area contributed by atoms with Gasteiger partial charge in [-0.1, -0.05) is 49.2 Å². The Kier molecular flexibility index (Phi) is 4.07. The third-order valence-corrected chi connectivity index (χ3v) is 6.48. The number of nitriles is 1. The molecule has 1 aliphatic heterocycles. The lowest BCUT2D eigenvalue weighted by molar-refractivity contribution is -0.138. The number of nitrogens with zero attached hydrogens (tertiary/aromatic N) is 2. The van der Waals surface area contributed by atoms with Crippen LogP contribution in [-0.2, 0) is 15.0 Å². The standard InChI is InChI=1S/C23H24N2O2/c1-22(2)19-12-13-25(18-10-6-7-11-18)21(27)23(19,14-16(15-24)20(22)26)17-8-4-3-5-9-17/h3-5,8-9,12,14,18H,6-7,10-11,13H2,1-2H3/t23-/m0/s1. The van der Waals surface area contributed by atoms with E-state index in [0.29, 0.717) is 6.54 Å². The Balaban J connectivity index is 1.98. The highest BCUT2D eigenvalue weighted by molar-refractivity contribution is 6.11. The monoisotopic (exact) mass is 360 g/mol. The summed E-state index contributed by atoms with van der Waals surface area (Å²) in [5, 5.41) is 9.63. The molecule has 4 rings (SSSR count). The van der Waals surface area contributed by atoms with Gasteiger partial charge in [-0.3, -0.25) is 9.59 Å². The van der Waals surface area contributed by atoms with E-state index in [4.69, 9.17) is 0 Å². The molecule has 4 heteroatoms. The summed E-state index contributed by atoms with van der Waals surface area (Å²) in [4.78, 5) is 28.8. The van der Waals surface area contributed by atoms with Crippen molar-refractivity contribution < 1.29 is 9.59 Å². The van der Waals surface area contributed by atoms with E-state index in [1.54, 1.807) is 6.08 Å². The first-order valence-electron chi connectivity index (χ1n) is 9.68. The van der Waals surface area contributed by atoms with Crippen molar-refractivity contribution in [2.24, 2.45) is 5.41 Å². The quantitative estimate of drug-likeness (QED) is 0.756. The van der Waals surface area contributed by atoms with E-state index < -0.39 is 10.8 Å². The molecular weight excluding hydrogens is 336 g/mol. The second-order valence-electron chi connectivity index (χ2n) is 8.31. The summed E-state index contributed by atoms with van der Waals surface area (Å²) < 4.78 is 0. The van der Waals surface area contributed by atoms with E-state index in [1.807, 2.05) is 49.1 Å². The number of benzene rings is 1.